The van der Waals surface area contributed by atoms with E-state index in [9.17, 15) is 24.6 Å². The van der Waals surface area contributed by atoms with Crippen LogP contribution in [0.25, 0.3) is 0 Å². The van der Waals surface area contributed by atoms with E-state index in [1.807, 2.05) is 11.1 Å². The zero-order valence-electron chi connectivity index (χ0n) is 16.4. The Morgan fingerprint density at radius 1 is 1.41 bits per heavy atom. The highest BCUT2D eigenvalue weighted by Gasteiger charge is 2.58. The van der Waals surface area contributed by atoms with Crippen molar-refractivity contribution < 1.29 is 24.6 Å². The van der Waals surface area contributed by atoms with Crippen LogP contribution in [0.2, 0.25) is 0 Å². The van der Waals surface area contributed by atoms with Crippen LogP contribution in [0, 0.1) is 5.92 Å². The summed E-state index contributed by atoms with van der Waals surface area (Å²) in [5.74, 6) is -1.98. The highest BCUT2D eigenvalue weighted by molar-refractivity contribution is 8.23. The lowest BCUT2D eigenvalue weighted by Gasteiger charge is -2.43. The Balaban J connectivity index is 1.50. The maximum atomic E-state index is 12.3. The summed E-state index contributed by atoms with van der Waals surface area (Å²) in [6, 6.07) is 0. The first-order valence-electron chi connectivity index (χ1n) is 9.42. The molecule has 0 bridgehead atoms. The van der Waals surface area contributed by atoms with E-state index in [0.717, 1.165) is 18.7 Å². The van der Waals surface area contributed by atoms with Gasteiger partial charge in [-0.05, 0) is 13.3 Å². The Morgan fingerprint density at radius 2 is 2.14 bits per heavy atom. The molecule has 4 rings (SSSR count). The Morgan fingerprint density at radius 3 is 2.76 bits per heavy atom. The van der Waals surface area contributed by atoms with Gasteiger partial charge in [0.2, 0.25) is 11.8 Å². The fourth-order valence-electron chi connectivity index (χ4n) is 4.01. The number of hydrogen-bond acceptors (Lipinski definition) is 8. The Hall–Kier alpha value is -1.85. The van der Waals surface area contributed by atoms with E-state index in [1.165, 1.54) is 28.4 Å². The summed E-state index contributed by atoms with van der Waals surface area (Å²) in [6.45, 7) is 3.37. The zero-order chi connectivity index (χ0) is 21.0. The third-order valence-electron chi connectivity index (χ3n) is 5.58. The first kappa shape index (κ1) is 20.4. The Labute approximate surface area is 177 Å². The molecule has 2 fully saturated rings. The van der Waals surface area contributed by atoms with Crippen molar-refractivity contribution in [1.82, 2.24) is 19.6 Å². The highest BCUT2D eigenvalue weighted by atomic mass is 32.2. The van der Waals surface area contributed by atoms with E-state index in [-0.39, 0.29) is 28.1 Å². The second kappa shape index (κ2) is 7.44. The molecule has 0 spiro atoms. The number of carbonyl (C=O) groups is 3. The number of fused-ring (bicyclic) bond motifs is 2. The van der Waals surface area contributed by atoms with Crippen molar-refractivity contribution in [1.29, 1.82) is 0 Å². The average molecular weight is 441 g/mol. The fraction of sp³-hybridized carbons (Fsp3) is 0.611. The largest absolute Gasteiger partial charge is 0.477 e. The van der Waals surface area contributed by atoms with Crippen LogP contribution in [0.5, 0.6) is 0 Å². The Bertz CT molecular complexity index is 827. The molecule has 0 aromatic carbocycles. The van der Waals surface area contributed by atoms with Gasteiger partial charge in [-0.15, -0.1) is 11.8 Å². The van der Waals surface area contributed by atoms with Crippen LogP contribution in [0.15, 0.2) is 21.8 Å². The summed E-state index contributed by atoms with van der Waals surface area (Å²) in [6.07, 6.45) is 2.06. The molecule has 4 aliphatic heterocycles. The van der Waals surface area contributed by atoms with Gasteiger partial charge in [0.15, 0.2) is 5.70 Å². The van der Waals surface area contributed by atoms with Crippen LogP contribution < -0.4 is 0 Å². The number of carbonyl (C=O) groups excluding carboxylic acids is 2. The number of aliphatic hydroxyl groups is 1. The Kier molecular flexibility index (Phi) is 5.24. The molecule has 11 heteroatoms. The number of carboxylic acid groups (broad SMARTS) is 1. The van der Waals surface area contributed by atoms with Gasteiger partial charge in [-0.1, -0.05) is 11.8 Å². The van der Waals surface area contributed by atoms with Gasteiger partial charge >= 0.3 is 5.97 Å². The predicted octanol–water partition coefficient (Wildman–Crippen LogP) is 0.162. The average Bonchev–Trinajstić information content (AvgIpc) is 3.27. The van der Waals surface area contributed by atoms with Gasteiger partial charge < -0.3 is 24.9 Å². The molecular formula is C18H24N4O5S2. The molecule has 4 atom stereocenters. The number of aliphatic hydroxyl groups excluding tert-OH is 1. The fourth-order valence-corrected chi connectivity index (χ4v) is 7.31. The van der Waals surface area contributed by atoms with Gasteiger partial charge in [0.1, 0.15) is 5.37 Å². The molecule has 0 aromatic heterocycles. The van der Waals surface area contributed by atoms with Crippen molar-refractivity contribution >= 4 is 41.3 Å². The van der Waals surface area contributed by atoms with Crippen molar-refractivity contribution in [3.05, 3.63) is 21.8 Å². The minimum Gasteiger partial charge on any atom is -0.477 e. The SMILES string of the molecule is C[C@@H](O)[C@@H]1C(=O)N2C(C(=O)O)=C(SC3CCN4CN(CC(=O)N(C)C)C=C34)S[C@@H]12. The number of aliphatic carboxylic acids is 1. The third-order valence-corrected chi connectivity index (χ3v) is 8.48. The van der Waals surface area contributed by atoms with Gasteiger partial charge in [0.05, 0.1) is 34.7 Å². The lowest BCUT2D eigenvalue weighted by atomic mass is 9.92. The van der Waals surface area contributed by atoms with Crippen molar-refractivity contribution in [2.75, 3.05) is 33.9 Å². The van der Waals surface area contributed by atoms with E-state index in [4.69, 9.17) is 0 Å². The number of carboxylic acids is 1. The monoisotopic (exact) mass is 440 g/mol. The molecule has 2 N–H and O–H groups in total. The number of nitrogens with zero attached hydrogens (tertiary/aromatic N) is 4. The van der Waals surface area contributed by atoms with E-state index in [0.29, 0.717) is 17.5 Å². The number of hydrogen-bond donors (Lipinski definition) is 2. The standard InChI is InChI=1S/C18H24N4O5S2/c1-9(23)13-15(25)22-14(17(26)27)18(29-16(13)22)28-11-4-5-21-8-20(6-10(11)21)7-12(24)19(2)3/h6,9,11,13,16,23H,4-5,7-8H2,1-3H3,(H,26,27)/t9-,11?,13-,16+/m1/s1. The van der Waals surface area contributed by atoms with Gasteiger partial charge in [0, 0.05) is 32.5 Å². The summed E-state index contributed by atoms with van der Waals surface area (Å²) in [7, 11) is 3.46. The minimum atomic E-state index is -1.12. The topological polar surface area (TPSA) is 105 Å². The first-order chi connectivity index (χ1) is 13.7. The molecule has 2 saturated heterocycles. The third kappa shape index (κ3) is 3.38. The van der Waals surface area contributed by atoms with Gasteiger partial charge in [-0.2, -0.15) is 0 Å². The predicted molar refractivity (Wildman–Crippen MR) is 109 cm³/mol. The highest BCUT2D eigenvalue weighted by Crippen LogP contribution is 2.56. The second-order valence-electron chi connectivity index (χ2n) is 7.81. The number of β-lactam (4-membered cyclic amide) rings is 1. The summed E-state index contributed by atoms with van der Waals surface area (Å²) >= 11 is 2.83. The summed E-state index contributed by atoms with van der Waals surface area (Å²) in [5, 5.41) is 19.3. The lowest BCUT2D eigenvalue weighted by molar-refractivity contribution is -0.156. The van der Waals surface area contributed by atoms with Crippen molar-refractivity contribution in [3.8, 4) is 0 Å². The van der Waals surface area contributed by atoms with Gasteiger partial charge in [0.25, 0.3) is 0 Å². The molecule has 0 radical (unpaired) electrons. The quantitative estimate of drug-likeness (QED) is 0.559. The number of rotatable bonds is 6. The number of thioether (sulfide) groups is 2. The molecular weight excluding hydrogens is 416 g/mol. The van der Waals surface area contributed by atoms with E-state index < -0.39 is 18.0 Å². The van der Waals surface area contributed by atoms with Crippen LogP contribution in [-0.4, -0.2) is 98.2 Å². The van der Waals surface area contributed by atoms with Crippen LogP contribution in [0.3, 0.4) is 0 Å². The maximum Gasteiger partial charge on any atom is 0.354 e. The molecule has 1 unspecified atom stereocenters. The number of likely N-dealkylation sites (N-methyl/N-ethyl adjacent to an activating group) is 1. The summed E-state index contributed by atoms with van der Waals surface area (Å²) in [5.41, 5.74) is 1.12. The van der Waals surface area contributed by atoms with E-state index in [2.05, 4.69) is 4.90 Å². The van der Waals surface area contributed by atoms with Crippen molar-refractivity contribution in [2.24, 2.45) is 5.92 Å². The van der Waals surface area contributed by atoms with Gasteiger partial charge in [-0.3, -0.25) is 14.5 Å². The van der Waals surface area contributed by atoms with Crippen LogP contribution in [0.1, 0.15) is 13.3 Å². The molecule has 158 valence electrons. The van der Waals surface area contributed by atoms with Crippen LogP contribution in [-0.2, 0) is 14.4 Å². The molecule has 0 saturated carbocycles. The van der Waals surface area contributed by atoms with E-state index >= 15 is 0 Å². The summed E-state index contributed by atoms with van der Waals surface area (Å²) < 4.78 is 0.620. The van der Waals surface area contributed by atoms with Crippen molar-refractivity contribution in [3.63, 3.8) is 0 Å². The smallest absolute Gasteiger partial charge is 0.354 e. The van der Waals surface area contributed by atoms with Gasteiger partial charge in [-0.25, -0.2) is 4.79 Å². The molecule has 4 heterocycles. The molecule has 4 aliphatic rings. The van der Waals surface area contributed by atoms with Crippen molar-refractivity contribution in [2.45, 2.75) is 30.1 Å². The van der Waals surface area contributed by atoms with E-state index in [1.54, 1.807) is 25.9 Å². The lowest BCUT2D eigenvalue weighted by Crippen LogP contribution is -2.60. The maximum absolute atomic E-state index is 12.3. The molecule has 0 aromatic rings. The van der Waals surface area contributed by atoms with Crippen LogP contribution in [0.4, 0.5) is 0 Å². The first-order valence-corrected chi connectivity index (χ1v) is 11.2. The molecule has 0 aliphatic carbocycles. The van der Waals surface area contributed by atoms with Crippen LogP contribution >= 0.6 is 23.5 Å². The molecule has 2 amide bonds. The zero-order valence-corrected chi connectivity index (χ0v) is 18.1. The number of amides is 2. The normalized spacial score (nSPS) is 29.0. The molecule has 9 nitrogen and oxygen atoms in total. The second-order valence-corrected chi connectivity index (χ2v) is 10.4. The summed E-state index contributed by atoms with van der Waals surface area (Å²) in [4.78, 5) is 43.2. The molecule has 29 heavy (non-hydrogen) atoms. The minimum absolute atomic E-state index is 0.0292.